The Morgan fingerprint density at radius 2 is 2.44 bits per heavy atom. The fourth-order valence-electron chi connectivity index (χ4n) is 2.17. The molecule has 1 aliphatic rings. The van der Waals surface area contributed by atoms with Crippen molar-refractivity contribution in [1.82, 2.24) is 4.57 Å². The third-order valence-electron chi connectivity index (χ3n) is 3.15. The minimum absolute atomic E-state index is 0.0522. The Bertz CT molecular complexity index is 504. The topological polar surface area (TPSA) is 55.1 Å². The van der Waals surface area contributed by atoms with Crippen LogP contribution in [0.5, 0.6) is 0 Å². The molecule has 0 bridgehead atoms. The summed E-state index contributed by atoms with van der Waals surface area (Å²) in [5, 5.41) is 8.56. The van der Waals surface area contributed by atoms with Crippen LogP contribution < -0.4 is 5.49 Å². The fourth-order valence-corrected chi connectivity index (χ4v) is 2.39. The molecule has 18 heavy (non-hydrogen) atoms. The van der Waals surface area contributed by atoms with Gasteiger partial charge in [0.05, 0.1) is 23.2 Å². The number of halogens is 1. The second-order valence-electron chi connectivity index (χ2n) is 4.48. The first-order valence-corrected chi connectivity index (χ1v) is 6.59. The summed E-state index contributed by atoms with van der Waals surface area (Å²) in [6.07, 6.45) is 4.25. The molecule has 2 rings (SSSR count). The molecule has 0 saturated carbocycles. The number of Topliss-reactive ketones (excluding diaryl/α,β-unsaturated/α-hetero) is 1. The summed E-state index contributed by atoms with van der Waals surface area (Å²) in [5.74, 6) is -0.0522. The maximum absolute atomic E-state index is 11.8. The molecule has 1 atom stereocenters. The van der Waals surface area contributed by atoms with E-state index in [0.29, 0.717) is 23.6 Å². The second kappa shape index (κ2) is 5.67. The van der Waals surface area contributed by atoms with E-state index in [0.717, 1.165) is 19.4 Å². The van der Waals surface area contributed by atoms with E-state index >= 15 is 0 Å². The largest absolute Gasteiger partial charge is 0.376 e. The number of aromatic nitrogens is 1. The summed E-state index contributed by atoms with van der Waals surface area (Å²) in [6, 6.07) is 1.57. The van der Waals surface area contributed by atoms with Crippen LogP contribution in [0, 0.1) is 5.41 Å². The third-order valence-corrected chi connectivity index (χ3v) is 3.36. The number of ketones is 1. The fraction of sp³-hybridized carbons (Fsp3) is 0.538. The van der Waals surface area contributed by atoms with Crippen molar-refractivity contribution < 1.29 is 9.53 Å². The molecule has 1 aromatic heterocycles. The number of carbonyl (C=O) groups excluding carboxylic acids is 1. The number of hydrogen-bond acceptors (Lipinski definition) is 3. The lowest BCUT2D eigenvalue weighted by Crippen LogP contribution is -2.30. The molecule has 0 aromatic carbocycles. The first-order valence-electron chi connectivity index (χ1n) is 6.21. The zero-order chi connectivity index (χ0) is 13.1. The van der Waals surface area contributed by atoms with Crippen molar-refractivity contribution in [3.63, 3.8) is 0 Å². The van der Waals surface area contributed by atoms with Crippen molar-refractivity contribution >= 4 is 17.4 Å². The van der Waals surface area contributed by atoms with Gasteiger partial charge in [0.1, 0.15) is 5.49 Å². The van der Waals surface area contributed by atoms with Crippen LogP contribution >= 0.6 is 11.6 Å². The van der Waals surface area contributed by atoms with Gasteiger partial charge in [0, 0.05) is 19.2 Å². The van der Waals surface area contributed by atoms with Gasteiger partial charge in [-0.05, 0) is 18.9 Å². The van der Waals surface area contributed by atoms with Crippen molar-refractivity contribution in [2.75, 3.05) is 6.61 Å². The van der Waals surface area contributed by atoms with E-state index in [1.807, 2.05) is 0 Å². The maximum Gasteiger partial charge on any atom is 0.166 e. The van der Waals surface area contributed by atoms with Crippen molar-refractivity contribution in [2.45, 2.75) is 38.8 Å². The Morgan fingerprint density at radius 1 is 1.67 bits per heavy atom. The van der Waals surface area contributed by atoms with Gasteiger partial charge in [-0.3, -0.25) is 10.2 Å². The Kier molecular flexibility index (Phi) is 4.19. The number of pyridine rings is 1. The predicted molar refractivity (Wildman–Crippen MR) is 68.9 cm³/mol. The monoisotopic (exact) mass is 268 g/mol. The number of carbonyl (C=O) groups is 1. The molecule has 0 aliphatic carbocycles. The van der Waals surface area contributed by atoms with Crippen LogP contribution in [0.15, 0.2) is 12.3 Å². The number of ether oxygens (including phenoxy) is 1. The summed E-state index contributed by atoms with van der Waals surface area (Å²) in [5.41, 5.74) is 0.616. The average Bonchev–Trinajstić information content (AvgIpc) is 2.85. The normalized spacial score (nSPS) is 19.1. The lowest BCUT2D eigenvalue weighted by atomic mass is 10.1. The Balaban J connectivity index is 2.32. The van der Waals surface area contributed by atoms with E-state index in [4.69, 9.17) is 21.7 Å². The second-order valence-corrected chi connectivity index (χ2v) is 4.92. The number of hydrogen-bond donors (Lipinski definition) is 1. The highest BCUT2D eigenvalue weighted by Crippen LogP contribution is 2.15. The van der Waals surface area contributed by atoms with Crippen molar-refractivity contribution in [2.24, 2.45) is 0 Å². The van der Waals surface area contributed by atoms with Crippen LogP contribution in [0.4, 0.5) is 0 Å². The maximum atomic E-state index is 11.8. The van der Waals surface area contributed by atoms with Gasteiger partial charge in [0.2, 0.25) is 0 Å². The van der Waals surface area contributed by atoms with Gasteiger partial charge in [-0.2, -0.15) is 0 Å². The van der Waals surface area contributed by atoms with Crippen LogP contribution in [0.2, 0.25) is 5.02 Å². The van der Waals surface area contributed by atoms with Gasteiger partial charge in [0.25, 0.3) is 0 Å². The molecule has 1 fully saturated rings. The number of rotatable bonds is 4. The molecule has 1 N–H and O–H groups in total. The molecule has 0 spiro atoms. The van der Waals surface area contributed by atoms with Crippen LogP contribution in [0.1, 0.15) is 36.5 Å². The van der Waals surface area contributed by atoms with E-state index in [1.54, 1.807) is 23.8 Å². The predicted octanol–water partition coefficient (Wildman–Crippen LogP) is 2.39. The molecular formula is C13H17ClN2O2. The first-order chi connectivity index (χ1) is 8.61. The van der Waals surface area contributed by atoms with E-state index in [9.17, 15) is 4.79 Å². The van der Waals surface area contributed by atoms with Crippen molar-refractivity contribution in [3.05, 3.63) is 28.3 Å². The summed E-state index contributed by atoms with van der Waals surface area (Å²) in [7, 11) is 0. The number of nitrogens with zero attached hydrogens (tertiary/aromatic N) is 1. The SMILES string of the molecule is CCC(=O)c1cc(Cl)cn(CC2CCCO2)c1=N. The quantitative estimate of drug-likeness (QED) is 0.853. The van der Waals surface area contributed by atoms with Crippen LogP contribution in [-0.4, -0.2) is 23.1 Å². The van der Waals surface area contributed by atoms with Crippen molar-refractivity contribution in [1.29, 1.82) is 5.41 Å². The highest BCUT2D eigenvalue weighted by atomic mass is 35.5. The highest BCUT2D eigenvalue weighted by molar-refractivity contribution is 6.30. The molecule has 98 valence electrons. The molecule has 1 saturated heterocycles. The summed E-state index contributed by atoms with van der Waals surface area (Å²) < 4.78 is 7.26. The van der Waals surface area contributed by atoms with Crippen LogP contribution in [-0.2, 0) is 11.3 Å². The average molecular weight is 269 g/mol. The van der Waals surface area contributed by atoms with E-state index in [2.05, 4.69) is 0 Å². The highest BCUT2D eigenvalue weighted by Gasteiger charge is 2.17. The zero-order valence-electron chi connectivity index (χ0n) is 10.4. The lowest BCUT2D eigenvalue weighted by Gasteiger charge is -2.14. The van der Waals surface area contributed by atoms with Gasteiger partial charge >= 0.3 is 0 Å². The molecule has 1 unspecified atom stereocenters. The zero-order valence-corrected chi connectivity index (χ0v) is 11.2. The van der Waals surface area contributed by atoms with Crippen LogP contribution in [0.3, 0.4) is 0 Å². The molecule has 4 nitrogen and oxygen atoms in total. The molecule has 0 amide bonds. The number of nitrogens with one attached hydrogen (secondary N) is 1. The summed E-state index contributed by atoms with van der Waals surface area (Å²) in [4.78, 5) is 11.8. The van der Waals surface area contributed by atoms with Gasteiger partial charge in [0.15, 0.2) is 5.78 Å². The molecular weight excluding hydrogens is 252 g/mol. The van der Waals surface area contributed by atoms with E-state index < -0.39 is 0 Å². The van der Waals surface area contributed by atoms with Gasteiger partial charge in [-0.15, -0.1) is 0 Å². The van der Waals surface area contributed by atoms with Gasteiger partial charge < -0.3 is 9.30 Å². The van der Waals surface area contributed by atoms with Crippen LogP contribution in [0.25, 0.3) is 0 Å². The standard InChI is InChI=1S/C13H17ClN2O2/c1-2-12(17)11-6-9(14)7-16(13(11)15)8-10-4-3-5-18-10/h6-7,10,15H,2-5,8H2,1H3. The smallest absolute Gasteiger partial charge is 0.166 e. The summed E-state index contributed by atoms with van der Waals surface area (Å²) >= 11 is 6.01. The molecule has 0 radical (unpaired) electrons. The Labute approximate surface area is 111 Å². The first kappa shape index (κ1) is 13.3. The lowest BCUT2D eigenvalue weighted by molar-refractivity contribution is 0.0942. The molecule has 2 heterocycles. The molecule has 5 heteroatoms. The minimum Gasteiger partial charge on any atom is -0.376 e. The Hall–Kier alpha value is -1.13. The van der Waals surface area contributed by atoms with E-state index in [-0.39, 0.29) is 17.4 Å². The van der Waals surface area contributed by atoms with E-state index in [1.165, 1.54) is 0 Å². The third kappa shape index (κ3) is 2.82. The molecule has 1 aromatic rings. The van der Waals surface area contributed by atoms with Gasteiger partial charge in [-0.1, -0.05) is 18.5 Å². The minimum atomic E-state index is -0.0522. The Morgan fingerprint density at radius 3 is 3.06 bits per heavy atom. The van der Waals surface area contributed by atoms with Crippen molar-refractivity contribution in [3.8, 4) is 0 Å². The summed E-state index contributed by atoms with van der Waals surface area (Å²) in [6.45, 7) is 3.15. The molecule has 1 aliphatic heterocycles. The van der Waals surface area contributed by atoms with Gasteiger partial charge in [-0.25, -0.2) is 0 Å².